The summed E-state index contributed by atoms with van der Waals surface area (Å²) >= 11 is 0. The molecule has 7 nitrogen and oxygen atoms in total. The van der Waals surface area contributed by atoms with Crippen LogP contribution in [0.4, 0.5) is 11.4 Å². The van der Waals surface area contributed by atoms with E-state index in [-0.39, 0.29) is 11.8 Å². The van der Waals surface area contributed by atoms with E-state index >= 15 is 0 Å². The molecule has 0 aromatic heterocycles. The quantitative estimate of drug-likeness (QED) is 0.879. The second-order valence-electron chi connectivity index (χ2n) is 6.33. The largest absolute Gasteiger partial charge is 0.497 e. The normalized spacial score (nSPS) is 14.5. The number of carbonyl (C=O) groups is 2. The van der Waals surface area contributed by atoms with Gasteiger partial charge >= 0.3 is 0 Å². The number of benzene rings is 2. The minimum atomic E-state index is -0.936. The van der Waals surface area contributed by atoms with Crippen molar-refractivity contribution in [3.8, 4) is 17.2 Å². The molecule has 7 heteroatoms. The van der Waals surface area contributed by atoms with E-state index in [0.29, 0.717) is 34.2 Å². The van der Waals surface area contributed by atoms with Crippen molar-refractivity contribution in [3.05, 3.63) is 42.0 Å². The van der Waals surface area contributed by atoms with Gasteiger partial charge in [0.25, 0.3) is 11.8 Å². The molecule has 0 fully saturated rings. The van der Waals surface area contributed by atoms with Crippen LogP contribution in [0.3, 0.4) is 0 Å². The highest BCUT2D eigenvalue weighted by Gasteiger charge is 2.35. The van der Waals surface area contributed by atoms with Gasteiger partial charge in [-0.25, -0.2) is 0 Å². The molecule has 2 aromatic carbocycles. The van der Waals surface area contributed by atoms with Crippen LogP contribution in [0.2, 0.25) is 0 Å². The van der Waals surface area contributed by atoms with Crippen LogP contribution in [0.25, 0.3) is 0 Å². The van der Waals surface area contributed by atoms with Crippen LogP contribution in [0.5, 0.6) is 17.2 Å². The molecule has 2 N–H and O–H groups in total. The average Bonchev–Trinajstić information content (AvgIpc) is 2.62. The maximum Gasteiger partial charge on any atom is 0.268 e. The molecule has 0 saturated carbocycles. The predicted molar refractivity (Wildman–Crippen MR) is 97.3 cm³/mol. The standard InChI is InChI=1S/C19H20N2O5/c1-19(2)18(23)21-15-9-12(5-6-16(15)26-19)20-17(22)11-7-13(24-3)10-14(8-11)25-4/h5-10H,1-4H3,(H,20,22)(H,21,23). The van der Waals surface area contributed by atoms with Crippen LogP contribution in [0.15, 0.2) is 36.4 Å². The van der Waals surface area contributed by atoms with Gasteiger partial charge < -0.3 is 24.8 Å². The zero-order chi connectivity index (χ0) is 18.9. The van der Waals surface area contributed by atoms with Gasteiger partial charge in [-0.15, -0.1) is 0 Å². The number of ether oxygens (including phenoxy) is 3. The molecule has 0 radical (unpaired) electrons. The maximum atomic E-state index is 12.5. The van der Waals surface area contributed by atoms with Crippen LogP contribution in [0.1, 0.15) is 24.2 Å². The fourth-order valence-electron chi connectivity index (χ4n) is 2.53. The number of methoxy groups -OCH3 is 2. The summed E-state index contributed by atoms with van der Waals surface area (Å²) in [7, 11) is 3.04. The van der Waals surface area contributed by atoms with Crippen molar-refractivity contribution in [2.45, 2.75) is 19.4 Å². The first-order valence-corrected chi connectivity index (χ1v) is 8.01. The number of carbonyl (C=O) groups excluding carboxylic acids is 2. The Morgan fingerprint density at radius 2 is 1.73 bits per heavy atom. The molecule has 3 rings (SSSR count). The van der Waals surface area contributed by atoms with Gasteiger partial charge in [-0.1, -0.05) is 0 Å². The Morgan fingerprint density at radius 3 is 2.35 bits per heavy atom. The third kappa shape index (κ3) is 3.42. The lowest BCUT2D eigenvalue weighted by molar-refractivity contribution is -0.129. The van der Waals surface area contributed by atoms with Gasteiger partial charge in [0.05, 0.1) is 19.9 Å². The number of anilines is 2. The fourth-order valence-corrected chi connectivity index (χ4v) is 2.53. The Balaban J connectivity index is 1.83. The number of fused-ring (bicyclic) bond motifs is 1. The second-order valence-corrected chi connectivity index (χ2v) is 6.33. The topological polar surface area (TPSA) is 85.9 Å². The molecule has 26 heavy (non-hydrogen) atoms. The lowest BCUT2D eigenvalue weighted by atomic mass is 10.1. The average molecular weight is 356 g/mol. The highest BCUT2D eigenvalue weighted by atomic mass is 16.5. The third-order valence-electron chi connectivity index (χ3n) is 4.01. The summed E-state index contributed by atoms with van der Waals surface area (Å²) in [5.74, 6) is 1.01. The van der Waals surface area contributed by atoms with Crippen LogP contribution < -0.4 is 24.8 Å². The van der Waals surface area contributed by atoms with Crippen molar-refractivity contribution in [2.75, 3.05) is 24.9 Å². The van der Waals surface area contributed by atoms with E-state index in [1.807, 2.05) is 0 Å². The Labute approximate surface area is 151 Å². The Kier molecular flexibility index (Phi) is 4.46. The maximum absolute atomic E-state index is 12.5. The van der Waals surface area contributed by atoms with Crippen molar-refractivity contribution in [3.63, 3.8) is 0 Å². The summed E-state index contributed by atoms with van der Waals surface area (Å²) in [6.07, 6.45) is 0. The minimum absolute atomic E-state index is 0.244. The molecule has 1 aliphatic heterocycles. The predicted octanol–water partition coefficient (Wildman–Crippen LogP) is 3.07. The Morgan fingerprint density at radius 1 is 1.08 bits per heavy atom. The van der Waals surface area contributed by atoms with E-state index in [1.165, 1.54) is 14.2 Å². The monoisotopic (exact) mass is 356 g/mol. The molecule has 0 atom stereocenters. The van der Waals surface area contributed by atoms with Crippen molar-refractivity contribution < 1.29 is 23.8 Å². The van der Waals surface area contributed by atoms with Crippen molar-refractivity contribution >= 4 is 23.2 Å². The summed E-state index contributed by atoms with van der Waals surface area (Å²) in [6, 6.07) is 9.98. The lowest BCUT2D eigenvalue weighted by Crippen LogP contribution is -2.45. The summed E-state index contributed by atoms with van der Waals surface area (Å²) in [5, 5.41) is 5.57. The van der Waals surface area contributed by atoms with Gasteiger partial charge in [0.1, 0.15) is 17.2 Å². The molecule has 1 aliphatic rings. The highest BCUT2D eigenvalue weighted by Crippen LogP contribution is 2.35. The number of amides is 2. The number of hydrogen-bond acceptors (Lipinski definition) is 5. The number of rotatable bonds is 4. The molecule has 1 heterocycles. The summed E-state index contributed by atoms with van der Waals surface area (Å²) in [5.41, 5.74) is 0.490. The van der Waals surface area contributed by atoms with Crippen molar-refractivity contribution in [1.29, 1.82) is 0 Å². The van der Waals surface area contributed by atoms with Crippen molar-refractivity contribution in [1.82, 2.24) is 0 Å². The minimum Gasteiger partial charge on any atom is -0.497 e. The summed E-state index contributed by atoms with van der Waals surface area (Å²) in [6.45, 7) is 3.38. The van der Waals surface area contributed by atoms with E-state index in [9.17, 15) is 9.59 Å². The van der Waals surface area contributed by atoms with E-state index < -0.39 is 5.60 Å². The molecule has 0 spiro atoms. The molecule has 0 bridgehead atoms. The third-order valence-corrected chi connectivity index (χ3v) is 4.01. The first-order valence-electron chi connectivity index (χ1n) is 8.01. The zero-order valence-corrected chi connectivity index (χ0v) is 15.0. The van der Waals surface area contributed by atoms with E-state index in [2.05, 4.69) is 10.6 Å². The Hall–Kier alpha value is -3.22. The summed E-state index contributed by atoms with van der Waals surface area (Å²) in [4.78, 5) is 24.6. The van der Waals surface area contributed by atoms with E-state index in [0.717, 1.165) is 0 Å². The Bertz CT molecular complexity index is 854. The van der Waals surface area contributed by atoms with Gasteiger partial charge in [-0.3, -0.25) is 9.59 Å². The lowest BCUT2D eigenvalue weighted by Gasteiger charge is -2.31. The molecular weight excluding hydrogens is 336 g/mol. The highest BCUT2D eigenvalue weighted by molar-refractivity contribution is 6.06. The van der Waals surface area contributed by atoms with E-state index in [1.54, 1.807) is 50.2 Å². The first kappa shape index (κ1) is 17.6. The molecule has 136 valence electrons. The molecule has 2 amide bonds. The van der Waals surface area contributed by atoms with Crippen LogP contribution in [-0.2, 0) is 4.79 Å². The van der Waals surface area contributed by atoms with Gasteiger partial charge in [-0.2, -0.15) is 0 Å². The number of hydrogen-bond donors (Lipinski definition) is 2. The SMILES string of the molecule is COc1cc(OC)cc(C(=O)Nc2ccc3c(c2)NC(=O)C(C)(C)O3)c1. The zero-order valence-electron chi connectivity index (χ0n) is 15.0. The van der Waals surface area contributed by atoms with Crippen molar-refractivity contribution in [2.24, 2.45) is 0 Å². The number of nitrogens with one attached hydrogen (secondary N) is 2. The molecule has 2 aromatic rings. The second kappa shape index (κ2) is 6.59. The van der Waals surface area contributed by atoms with Gasteiger partial charge in [0.15, 0.2) is 5.60 Å². The fraction of sp³-hybridized carbons (Fsp3) is 0.263. The van der Waals surface area contributed by atoms with Gasteiger partial charge in [-0.05, 0) is 44.2 Å². The molecule has 0 saturated heterocycles. The van der Waals surface area contributed by atoms with Gasteiger partial charge in [0.2, 0.25) is 0 Å². The smallest absolute Gasteiger partial charge is 0.268 e. The van der Waals surface area contributed by atoms with Crippen LogP contribution >= 0.6 is 0 Å². The van der Waals surface area contributed by atoms with Crippen LogP contribution in [0, 0.1) is 0 Å². The van der Waals surface area contributed by atoms with Crippen LogP contribution in [-0.4, -0.2) is 31.6 Å². The molecule has 0 aliphatic carbocycles. The molecular formula is C19H20N2O5. The van der Waals surface area contributed by atoms with Gasteiger partial charge in [0, 0.05) is 17.3 Å². The molecule has 0 unspecified atom stereocenters. The summed E-state index contributed by atoms with van der Waals surface area (Å²) < 4.78 is 16.0. The van der Waals surface area contributed by atoms with E-state index in [4.69, 9.17) is 14.2 Å². The first-order chi connectivity index (χ1) is 12.3.